The molecule has 0 unspecified atom stereocenters. The molecule has 0 spiro atoms. The van der Waals surface area contributed by atoms with Gasteiger partial charge in [-0.3, -0.25) is 14.9 Å². The lowest BCUT2D eigenvalue weighted by Crippen LogP contribution is -2.33. The van der Waals surface area contributed by atoms with Crippen LogP contribution in [-0.2, 0) is 14.4 Å². The molecule has 1 N–H and O–H groups in total. The Morgan fingerprint density at radius 3 is 2.62 bits per heavy atom. The van der Waals surface area contributed by atoms with Crippen LogP contribution < -0.4 is 5.32 Å². The number of nitrogens with zero attached hydrogens (tertiary/aromatic N) is 2. The minimum atomic E-state index is -0.858. The molecular weight excluding hydrogens is 174 g/mol. The second kappa shape index (κ2) is 5.71. The highest BCUT2D eigenvalue weighted by Gasteiger charge is 2.12. The Kier molecular flexibility index (Phi) is 4.88. The Balaban J connectivity index is 4.34. The van der Waals surface area contributed by atoms with Gasteiger partial charge >= 0.3 is 0 Å². The zero-order valence-corrected chi connectivity index (χ0v) is 7.33. The van der Waals surface area contributed by atoms with Crippen LogP contribution in [0.3, 0.4) is 0 Å². The molecule has 0 aliphatic heterocycles. The molecule has 0 saturated carbocycles. The Labute approximate surface area is 75.2 Å². The Hall–Kier alpha value is -1.90. The molecular formula is C7H9N3O3. The molecule has 0 heterocycles. The molecule has 0 rings (SSSR count). The Morgan fingerprint density at radius 2 is 2.23 bits per heavy atom. The Bertz CT molecular complexity index is 277. The number of nitrogens with one attached hydrogen (secondary N) is 1. The van der Waals surface area contributed by atoms with Crippen molar-refractivity contribution in [3.05, 3.63) is 0 Å². The predicted octanol–water partition coefficient (Wildman–Crippen LogP) is -0.435. The fourth-order valence-corrected chi connectivity index (χ4v) is 0.461. The number of hydrogen-bond donors (Lipinski definition) is 1. The lowest BCUT2D eigenvalue weighted by atomic mass is 10.4. The third kappa shape index (κ3) is 4.53. The molecule has 6 heteroatoms. The molecule has 70 valence electrons. The number of hydrogen-bond acceptors (Lipinski definition) is 5. The van der Waals surface area contributed by atoms with Crippen molar-refractivity contribution in [1.29, 1.82) is 5.26 Å². The molecule has 0 fully saturated rings. The van der Waals surface area contributed by atoms with E-state index in [-0.39, 0.29) is 6.61 Å². The first-order valence-corrected chi connectivity index (χ1v) is 3.53. The van der Waals surface area contributed by atoms with E-state index in [1.54, 1.807) is 6.92 Å². The molecule has 0 atom stereocenters. The molecule has 0 aliphatic rings. The number of amides is 2. The minimum absolute atomic E-state index is 0.249. The number of oxime groups is 1. The summed E-state index contributed by atoms with van der Waals surface area (Å²) in [6, 6.07) is 1.50. The van der Waals surface area contributed by atoms with Gasteiger partial charge < -0.3 is 4.84 Å². The molecule has 0 aromatic carbocycles. The van der Waals surface area contributed by atoms with Crippen LogP contribution in [0.5, 0.6) is 0 Å². The van der Waals surface area contributed by atoms with E-state index in [0.29, 0.717) is 0 Å². The first kappa shape index (κ1) is 11.1. The van der Waals surface area contributed by atoms with Crippen LogP contribution >= 0.6 is 0 Å². The molecule has 0 bridgehead atoms. The van der Waals surface area contributed by atoms with Crippen molar-refractivity contribution < 1.29 is 14.4 Å². The number of carbonyl (C=O) groups is 2. The van der Waals surface area contributed by atoms with Gasteiger partial charge in [-0.05, 0) is 6.92 Å². The lowest BCUT2D eigenvalue weighted by molar-refractivity contribution is -0.125. The number of nitriles is 1. The van der Waals surface area contributed by atoms with E-state index in [4.69, 9.17) is 5.26 Å². The summed E-state index contributed by atoms with van der Waals surface area (Å²) in [5.41, 5.74) is -0.475. The summed E-state index contributed by atoms with van der Waals surface area (Å²) in [6.45, 7) is 3.06. The van der Waals surface area contributed by atoms with E-state index in [0.717, 1.165) is 6.92 Å². The fraction of sp³-hybridized carbons (Fsp3) is 0.429. The van der Waals surface area contributed by atoms with Crippen molar-refractivity contribution >= 4 is 17.5 Å². The van der Waals surface area contributed by atoms with Gasteiger partial charge in [-0.2, -0.15) is 5.26 Å². The van der Waals surface area contributed by atoms with Gasteiger partial charge in [-0.1, -0.05) is 5.16 Å². The maximum absolute atomic E-state index is 10.9. The smallest absolute Gasteiger partial charge is 0.290 e. The van der Waals surface area contributed by atoms with Gasteiger partial charge in [0.25, 0.3) is 5.91 Å². The summed E-state index contributed by atoms with van der Waals surface area (Å²) in [5, 5.41) is 13.5. The molecule has 0 radical (unpaired) electrons. The van der Waals surface area contributed by atoms with Crippen molar-refractivity contribution in [2.45, 2.75) is 13.8 Å². The van der Waals surface area contributed by atoms with Crippen molar-refractivity contribution in [3.8, 4) is 6.07 Å². The molecule has 0 aromatic rings. The van der Waals surface area contributed by atoms with Crippen molar-refractivity contribution in [2.24, 2.45) is 5.16 Å². The third-order valence-electron chi connectivity index (χ3n) is 0.895. The molecule has 0 saturated heterocycles. The van der Waals surface area contributed by atoms with Crippen LogP contribution in [0.15, 0.2) is 5.16 Å². The molecule has 0 aliphatic carbocycles. The largest absolute Gasteiger partial charge is 0.395 e. The van der Waals surface area contributed by atoms with Crippen molar-refractivity contribution in [1.82, 2.24) is 5.32 Å². The van der Waals surface area contributed by atoms with Gasteiger partial charge in [0.1, 0.15) is 12.7 Å². The number of rotatable bonds is 3. The third-order valence-corrected chi connectivity index (χ3v) is 0.895. The fourth-order valence-electron chi connectivity index (χ4n) is 0.461. The van der Waals surface area contributed by atoms with E-state index in [1.165, 1.54) is 6.07 Å². The lowest BCUT2D eigenvalue weighted by Gasteiger charge is -1.97. The van der Waals surface area contributed by atoms with Crippen LogP contribution in [0, 0.1) is 11.3 Å². The monoisotopic (exact) mass is 183 g/mol. The van der Waals surface area contributed by atoms with Crippen LogP contribution in [0.2, 0.25) is 0 Å². The quantitative estimate of drug-likeness (QED) is 0.474. The summed E-state index contributed by atoms with van der Waals surface area (Å²) in [5.74, 6) is -1.41. The second-order valence-electron chi connectivity index (χ2n) is 1.98. The zero-order chi connectivity index (χ0) is 10.3. The van der Waals surface area contributed by atoms with Crippen LogP contribution in [0.4, 0.5) is 0 Å². The summed E-state index contributed by atoms with van der Waals surface area (Å²) in [6.07, 6.45) is 0. The summed E-state index contributed by atoms with van der Waals surface area (Å²) in [4.78, 5) is 25.8. The first-order chi connectivity index (χ1) is 6.11. The van der Waals surface area contributed by atoms with Crippen LogP contribution in [0.25, 0.3) is 0 Å². The highest BCUT2D eigenvalue weighted by Crippen LogP contribution is 1.81. The van der Waals surface area contributed by atoms with Gasteiger partial charge in [-0.15, -0.1) is 0 Å². The first-order valence-electron chi connectivity index (χ1n) is 3.53. The van der Waals surface area contributed by atoms with Gasteiger partial charge in [0.05, 0.1) is 0 Å². The zero-order valence-electron chi connectivity index (χ0n) is 7.33. The van der Waals surface area contributed by atoms with Gasteiger partial charge in [-0.25, -0.2) is 0 Å². The average molecular weight is 183 g/mol. The minimum Gasteiger partial charge on any atom is -0.395 e. The van der Waals surface area contributed by atoms with Crippen molar-refractivity contribution in [2.75, 3.05) is 6.61 Å². The van der Waals surface area contributed by atoms with E-state index in [9.17, 15) is 9.59 Å². The standard InChI is InChI=1S/C7H9N3O3/c1-3-13-10-6(4-8)7(12)9-5(2)11/h3H2,1-2H3,(H,9,11,12). The molecule has 6 nitrogen and oxygen atoms in total. The van der Waals surface area contributed by atoms with E-state index in [1.807, 2.05) is 5.32 Å². The normalized spacial score (nSPS) is 10.1. The average Bonchev–Trinajstić information content (AvgIpc) is 2.04. The number of carbonyl (C=O) groups excluding carboxylic acids is 2. The van der Waals surface area contributed by atoms with Crippen LogP contribution in [0.1, 0.15) is 13.8 Å². The summed E-state index contributed by atoms with van der Waals surface area (Å²) >= 11 is 0. The highest BCUT2D eigenvalue weighted by molar-refractivity contribution is 6.46. The number of imide groups is 1. The SMILES string of the molecule is CCON=C(C#N)C(=O)NC(C)=O. The summed E-state index contributed by atoms with van der Waals surface area (Å²) < 4.78 is 0. The van der Waals surface area contributed by atoms with Crippen LogP contribution in [-0.4, -0.2) is 24.1 Å². The highest BCUT2D eigenvalue weighted by atomic mass is 16.6. The topological polar surface area (TPSA) is 91.5 Å². The van der Waals surface area contributed by atoms with Gasteiger partial charge in [0, 0.05) is 6.92 Å². The maximum atomic E-state index is 10.9. The Morgan fingerprint density at radius 1 is 1.62 bits per heavy atom. The van der Waals surface area contributed by atoms with E-state index >= 15 is 0 Å². The predicted molar refractivity (Wildman–Crippen MR) is 43.5 cm³/mol. The van der Waals surface area contributed by atoms with E-state index in [2.05, 4.69) is 9.99 Å². The molecule has 2 amide bonds. The maximum Gasteiger partial charge on any atom is 0.290 e. The van der Waals surface area contributed by atoms with E-state index < -0.39 is 17.5 Å². The molecule has 0 aromatic heterocycles. The van der Waals surface area contributed by atoms with Crippen molar-refractivity contribution in [3.63, 3.8) is 0 Å². The second-order valence-corrected chi connectivity index (χ2v) is 1.98. The molecule has 13 heavy (non-hydrogen) atoms. The van der Waals surface area contributed by atoms with Gasteiger partial charge in [0.2, 0.25) is 11.6 Å². The summed E-state index contributed by atoms with van der Waals surface area (Å²) in [7, 11) is 0. The van der Waals surface area contributed by atoms with Gasteiger partial charge in [0.15, 0.2) is 0 Å².